The van der Waals surface area contributed by atoms with Crippen LogP contribution in [0, 0.1) is 0 Å². The summed E-state index contributed by atoms with van der Waals surface area (Å²) in [6, 6.07) is 2.67. The van der Waals surface area contributed by atoms with Gasteiger partial charge in [-0.3, -0.25) is 4.99 Å². The third kappa shape index (κ3) is 2.51. The van der Waals surface area contributed by atoms with Crippen molar-refractivity contribution in [2.45, 2.75) is 24.4 Å². The average Bonchev–Trinajstić information content (AvgIpc) is 2.88. The number of aliphatic imine (C=N–C) groups is 1. The third-order valence-corrected chi connectivity index (χ3v) is 2.89. The van der Waals surface area contributed by atoms with Crippen LogP contribution in [0.4, 0.5) is 0 Å². The van der Waals surface area contributed by atoms with E-state index in [0.29, 0.717) is 5.76 Å². The summed E-state index contributed by atoms with van der Waals surface area (Å²) in [6.45, 7) is -0.391. The first-order valence-corrected chi connectivity index (χ1v) is 5.56. The number of hydrogen-bond acceptors (Lipinski definition) is 6. The van der Waals surface area contributed by atoms with Gasteiger partial charge < -0.3 is 24.8 Å². The van der Waals surface area contributed by atoms with Crippen molar-refractivity contribution in [1.29, 1.82) is 0 Å². The van der Waals surface area contributed by atoms with Crippen LogP contribution in [0.15, 0.2) is 39.5 Å². The summed E-state index contributed by atoms with van der Waals surface area (Å²) in [6.07, 6.45) is 0.509. The van der Waals surface area contributed by atoms with Gasteiger partial charge in [0.2, 0.25) is 0 Å². The summed E-state index contributed by atoms with van der Waals surface area (Å²) in [7, 11) is 0. The van der Waals surface area contributed by atoms with Crippen LogP contribution in [0.25, 0.3) is 0 Å². The minimum absolute atomic E-state index is 0.245. The Morgan fingerprint density at radius 2 is 2.06 bits per heavy atom. The average molecular weight is 253 g/mol. The minimum atomic E-state index is -1.36. The van der Waals surface area contributed by atoms with Crippen LogP contribution >= 0.6 is 0 Å². The monoisotopic (exact) mass is 253 g/mol. The topological polar surface area (TPSA) is 106 Å². The molecular weight excluding hydrogens is 238 g/mol. The van der Waals surface area contributed by atoms with Gasteiger partial charge in [-0.2, -0.15) is 0 Å². The molecule has 2 rings (SSSR count). The van der Waals surface area contributed by atoms with Crippen LogP contribution in [0.5, 0.6) is 0 Å². The lowest BCUT2D eigenvalue weighted by Gasteiger charge is -2.32. The Morgan fingerprint density at radius 3 is 2.67 bits per heavy atom. The van der Waals surface area contributed by atoms with Gasteiger partial charge in [0, 0.05) is 0 Å². The van der Waals surface area contributed by atoms with Crippen molar-refractivity contribution in [3.63, 3.8) is 0 Å². The Labute approximate surface area is 104 Å². The fourth-order valence-electron chi connectivity index (χ4n) is 1.83. The molecule has 4 N–H and O–H groups in total. The summed E-state index contributed by atoms with van der Waals surface area (Å²) in [5.41, 5.74) is 0.245. The van der Waals surface area contributed by atoms with Crippen LogP contribution in [0.2, 0.25) is 0 Å². The molecule has 1 aromatic heterocycles. The normalized spacial score (nSPS) is 32.8. The predicted octanol–water partition coefficient (Wildman–Crippen LogP) is -0.918. The maximum Gasteiger partial charge on any atom is 0.144 e. The Kier molecular flexibility index (Phi) is 3.93. The van der Waals surface area contributed by atoms with Gasteiger partial charge in [-0.05, 0) is 17.7 Å². The van der Waals surface area contributed by atoms with Gasteiger partial charge in [0.1, 0.15) is 24.1 Å². The van der Waals surface area contributed by atoms with Crippen LogP contribution < -0.4 is 0 Å². The van der Waals surface area contributed by atoms with Crippen molar-refractivity contribution in [1.82, 2.24) is 0 Å². The zero-order chi connectivity index (χ0) is 13.1. The zero-order valence-electron chi connectivity index (χ0n) is 9.55. The van der Waals surface area contributed by atoms with E-state index < -0.39 is 31.0 Å². The first-order valence-electron chi connectivity index (χ1n) is 5.56. The van der Waals surface area contributed by atoms with Crippen LogP contribution in [-0.2, 0) is 0 Å². The summed E-state index contributed by atoms with van der Waals surface area (Å²) in [4.78, 5) is 4.06. The highest BCUT2D eigenvalue weighted by Gasteiger charge is 2.36. The van der Waals surface area contributed by atoms with E-state index in [0.717, 1.165) is 0 Å². The van der Waals surface area contributed by atoms with Crippen LogP contribution in [0.3, 0.4) is 0 Å². The molecular formula is C12H15NO5. The quantitative estimate of drug-likeness (QED) is 0.412. The molecule has 6 heteroatoms. The van der Waals surface area contributed by atoms with Crippen molar-refractivity contribution in [2.24, 2.45) is 4.99 Å². The Bertz CT molecular complexity index is 439. The molecule has 4 atom stereocenters. The van der Waals surface area contributed by atoms with Gasteiger partial charge in [0.25, 0.3) is 0 Å². The lowest BCUT2D eigenvalue weighted by Crippen LogP contribution is -2.48. The van der Waals surface area contributed by atoms with Gasteiger partial charge in [0.15, 0.2) is 0 Å². The Morgan fingerprint density at radius 1 is 1.28 bits per heavy atom. The summed E-state index contributed by atoms with van der Waals surface area (Å²) in [5, 5.41) is 38.0. The van der Waals surface area contributed by atoms with Crippen molar-refractivity contribution < 1.29 is 24.8 Å². The van der Waals surface area contributed by atoms with Gasteiger partial charge in [-0.1, -0.05) is 6.08 Å². The van der Waals surface area contributed by atoms with Gasteiger partial charge >= 0.3 is 0 Å². The Balaban J connectivity index is 2.18. The molecule has 0 fully saturated rings. The fourth-order valence-corrected chi connectivity index (χ4v) is 1.83. The van der Waals surface area contributed by atoms with Gasteiger partial charge in [0.05, 0.1) is 25.1 Å². The molecule has 0 saturated carbocycles. The number of aliphatic hydroxyl groups is 4. The van der Waals surface area contributed by atoms with E-state index in [1.165, 1.54) is 18.6 Å². The molecule has 98 valence electrons. The number of nitrogens with zero attached hydrogens (tertiary/aromatic N) is 1. The third-order valence-electron chi connectivity index (χ3n) is 2.89. The number of aliphatic hydroxyl groups excluding tert-OH is 4. The highest BCUT2D eigenvalue weighted by Crippen LogP contribution is 2.22. The van der Waals surface area contributed by atoms with Crippen molar-refractivity contribution in [3.05, 3.63) is 35.8 Å². The first kappa shape index (κ1) is 13.0. The van der Waals surface area contributed by atoms with Crippen LogP contribution in [-0.4, -0.2) is 57.6 Å². The zero-order valence-corrected chi connectivity index (χ0v) is 9.55. The maximum absolute atomic E-state index is 9.77. The molecule has 0 aliphatic heterocycles. The molecule has 0 saturated heterocycles. The SMILES string of the molecule is OCC1=C[C@H](N=Cc2ccco2)[C@H](O)C(O)[C@@H]1O. The van der Waals surface area contributed by atoms with Crippen molar-refractivity contribution >= 4 is 6.21 Å². The lowest BCUT2D eigenvalue weighted by atomic mass is 9.88. The molecule has 1 aliphatic rings. The fraction of sp³-hybridized carbons (Fsp3) is 0.417. The molecule has 0 amide bonds. The van der Waals surface area contributed by atoms with E-state index in [9.17, 15) is 15.3 Å². The summed E-state index contributed by atoms with van der Waals surface area (Å²) < 4.78 is 5.05. The molecule has 1 heterocycles. The first-order chi connectivity index (χ1) is 8.63. The highest BCUT2D eigenvalue weighted by molar-refractivity contribution is 5.76. The van der Waals surface area contributed by atoms with Gasteiger partial charge in [-0.15, -0.1) is 0 Å². The maximum atomic E-state index is 9.77. The van der Waals surface area contributed by atoms with E-state index in [-0.39, 0.29) is 5.57 Å². The molecule has 0 aromatic carbocycles. The van der Waals surface area contributed by atoms with Crippen molar-refractivity contribution in [3.8, 4) is 0 Å². The molecule has 18 heavy (non-hydrogen) atoms. The standard InChI is InChI=1S/C12H15NO5/c14-6-7-4-9(11(16)12(17)10(7)15)13-5-8-2-1-3-18-8/h1-5,9-12,14-17H,6H2/t9-,10+,11-,12?/m0/s1. The molecule has 1 aromatic rings. The minimum Gasteiger partial charge on any atom is -0.463 e. The van der Waals surface area contributed by atoms with E-state index >= 15 is 0 Å². The number of rotatable bonds is 3. The Hall–Kier alpha value is -1.47. The smallest absolute Gasteiger partial charge is 0.144 e. The molecule has 0 bridgehead atoms. The molecule has 6 nitrogen and oxygen atoms in total. The molecule has 0 spiro atoms. The van der Waals surface area contributed by atoms with Crippen LogP contribution in [0.1, 0.15) is 5.76 Å². The highest BCUT2D eigenvalue weighted by atomic mass is 16.4. The number of hydrogen-bond donors (Lipinski definition) is 4. The van der Waals surface area contributed by atoms with E-state index in [2.05, 4.69) is 4.99 Å². The van der Waals surface area contributed by atoms with E-state index in [1.54, 1.807) is 12.1 Å². The van der Waals surface area contributed by atoms with E-state index in [1.807, 2.05) is 0 Å². The summed E-state index contributed by atoms with van der Waals surface area (Å²) in [5.74, 6) is 0.516. The van der Waals surface area contributed by atoms with E-state index in [4.69, 9.17) is 9.52 Å². The second kappa shape index (κ2) is 5.45. The second-order valence-corrected chi connectivity index (χ2v) is 4.11. The van der Waals surface area contributed by atoms with Gasteiger partial charge in [-0.25, -0.2) is 0 Å². The summed E-state index contributed by atoms with van der Waals surface area (Å²) >= 11 is 0. The molecule has 0 radical (unpaired) electrons. The van der Waals surface area contributed by atoms with Crippen molar-refractivity contribution in [2.75, 3.05) is 6.61 Å². The largest absolute Gasteiger partial charge is 0.463 e. The lowest BCUT2D eigenvalue weighted by molar-refractivity contribution is -0.0592. The second-order valence-electron chi connectivity index (χ2n) is 4.11. The molecule has 1 aliphatic carbocycles. The predicted molar refractivity (Wildman–Crippen MR) is 63.3 cm³/mol. The molecule has 1 unspecified atom stereocenters. The number of furan rings is 1.